The average molecular weight is 495 g/mol. The molecule has 2 aliphatic carbocycles. The molecule has 1 unspecified atom stereocenters. The first-order valence-electron chi connectivity index (χ1n) is 13.6. The van der Waals surface area contributed by atoms with E-state index in [0.717, 1.165) is 50.3 Å². The first-order valence-corrected chi connectivity index (χ1v) is 13.6. The van der Waals surface area contributed by atoms with Crippen molar-refractivity contribution in [3.05, 3.63) is 30.0 Å². The van der Waals surface area contributed by atoms with E-state index < -0.39 is 12.0 Å². The minimum atomic E-state index is -1.02. The number of hydrogen-bond acceptors (Lipinski definition) is 4. The van der Waals surface area contributed by atoms with Gasteiger partial charge in [-0.1, -0.05) is 32.1 Å². The fourth-order valence-corrected chi connectivity index (χ4v) is 6.88. The smallest absolute Gasteiger partial charge is 0.352 e. The van der Waals surface area contributed by atoms with Crippen molar-refractivity contribution in [2.45, 2.75) is 70.3 Å². The van der Waals surface area contributed by atoms with Crippen molar-refractivity contribution in [2.24, 2.45) is 29.4 Å². The van der Waals surface area contributed by atoms with Crippen molar-refractivity contribution in [1.29, 1.82) is 0 Å². The fourth-order valence-electron chi connectivity index (χ4n) is 6.88. The number of carboxylic acid groups (broad SMARTS) is 1. The van der Waals surface area contributed by atoms with E-state index in [-0.39, 0.29) is 29.3 Å². The van der Waals surface area contributed by atoms with E-state index in [1.54, 1.807) is 24.3 Å². The molecule has 2 heterocycles. The fraction of sp³-hybridized carbons (Fsp3) is 0.607. The Bertz CT molecular complexity index is 1110. The third-order valence-corrected chi connectivity index (χ3v) is 8.90. The molecule has 36 heavy (non-hydrogen) atoms. The maximum absolute atomic E-state index is 13.8. The molecule has 8 nitrogen and oxygen atoms in total. The summed E-state index contributed by atoms with van der Waals surface area (Å²) in [6.07, 6.45) is 10.5. The second kappa shape index (κ2) is 10.6. The minimum Gasteiger partial charge on any atom is -0.477 e. The molecule has 2 saturated carbocycles. The van der Waals surface area contributed by atoms with Crippen LogP contribution in [0, 0.1) is 23.7 Å². The highest BCUT2D eigenvalue weighted by molar-refractivity contribution is 6.00. The van der Waals surface area contributed by atoms with Crippen LogP contribution in [0.4, 0.5) is 5.69 Å². The lowest BCUT2D eigenvalue weighted by molar-refractivity contribution is -0.142. The quantitative estimate of drug-likeness (QED) is 0.474. The largest absolute Gasteiger partial charge is 0.477 e. The summed E-state index contributed by atoms with van der Waals surface area (Å²) < 4.78 is 0. The molecule has 3 fully saturated rings. The van der Waals surface area contributed by atoms with Gasteiger partial charge in [0.15, 0.2) is 0 Å². The number of hydrogen-bond donors (Lipinski definition) is 4. The Balaban J connectivity index is 1.36. The molecule has 0 radical (unpaired) electrons. The van der Waals surface area contributed by atoms with E-state index in [1.807, 2.05) is 4.90 Å². The zero-order chi connectivity index (χ0) is 25.2. The van der Waals surface area contributed by atoms with Crippen LogP contribution in [0.3, 0.4) is 0 Å². The molecule has 5 N–H and O–H groups in total. The van der Waals surface area contributed by atoms with Crippen molar-refractivity contribution >= 4 is 34.4 Å². The Morgan fingerprint density at radius 2 is 1.75 bits per heavy atom. The maximum Gasteiger partial charge on any atom is 0.352 e. The first-order chi connectivity index (χ1) is 17.4. The molecule has 2 aromatic rings. The number of carbonyl (C=O) groups excluding carboxylic acids is 2. The van der Waals surface area contributed by atoms with Crippen LogP contribution in [0.25, 0.3) is 10.9 Å². The molecule has 1 saturated heterocycles. The van der Waals surface area contributed by atoms with Crippen LogP contribution in [-0.2, 0) is 9.59 Å². The van der Waals surface area contributed by atoms with Crippen LogP contribution in [0.15, 0.2) is 24.3 Å². The van der Waals surface area contributed by atoms with Crippen molar-refractivity contribution < 1.29 is 19.5 Å². The number of H-pyrrole nitrogens is 1. The molecule has 0 bridgehead atoms. The third-order valence-electron chi connectivity index (χ3n) is 8.90. The SMILES string of the molecule is NCC1CCC(C(=O)N2CCC(C3CCCCC3)[C@H]2C(=O)Nc2ccc3[nH]c(C(=O)O)cc3c2)CC1. The molecule has 8 heteroatoms. The Morgan fingerprint density at radius 1 is 1.00 bits per heavy atom. The highest BCUT2D eigenvalue weighted by atomic mass is 16.4. The van der Waals surface area contributed by atoms with Gasteiger partial charge in [0, 0.05) is 29.1 Å². The number of carbonyl (C=O) groups is 3. The van der Waals surface area contributed by atoms with Crippen LogP contribution in [-0.4, -0.2) is 51.9 Å². The van der Waals surface area contributed by atoms with Crippen LogP contribution >= 0.6 is 0 Å². The number of benzene rings is 1. The number of carboxylic acids is 1. The first kappa shape index (κ1) is 24.8. The molecular formula is C28H38N4O4. The van der Waals surface area contributed by atoms with Crippen molar-refractivity contribution in [3.8, 4) is 0 Å². The topological polar surface area (TPSA) is 129 Å². The van der Waals surface area contributed by atoms with E-state index >= 15 is 0 Å². The van der Waals surface area contributed by atoms with Gasteiger partial charge in [0.25, 0.3) is 0 Å². The predicted molar refractivity (Wildman–Crippen MR) is 139 cm³/mol. The summed E-state index contributed by atoms with van der Waals surface area (Å²) in [5, 5.41) is 13.1. The number of nitrogens with two attached hydrogens (primary N) is 1. The number of aromatic carboxylic acids is 1. The van der Waals surface area contributed by atoms with Gasteiger partial charge in [-0.3, -0.25) is 9.59 Å². The average Bonchev–Trinajstić information content (AvgIpc) is 3.54. The summed E-state index contributed by atoms with van der Waals surface area (Å²) in [7, 11) is 0. The van der Waals surface area contributed by atoms with Crippen LogP contribution in [0.2, 0.25) is 0 Å². The van der Waals surface area contributed by atoms with Gasteiger partial charge in [-0.15, -0.1) is 0 Å². The summed E-state index contributed by atoms with van der Waals surface area (Å²) in [5.74, 6) is 0.143. The molecule has 1 aliphatic heterocycles. The zero-order valence-corrected chi connectivity index (χ0v) is 20.9. The number of nitrogens with one attached hydrogen (secondary N) is 2. The normalized spacial score (nSPS) is 27.3. The van der Waals surface area contributed by atoms with Gasteiger partial charge < -0.3 is 26.0 Å². The van der Waals surface area contributed by atoms with E-state index in [9.17, 15) is 19.5 Å². The third kappa shape index (κ3) is 5.01. The number of rotatable bonds is 6. The van der Waals surface area contributed by atoms with Crippen LogP contribution in [0.1, 0.15) is 74.7 Å². The number of anilines is 1. The van der Waals surface area contributed by atoms with Crippen molar-refractivity contribution in [1.82, 2.24) is 9.88 Å². The van der Waals surface area contributed by atoms with Gasteiger partial charge in [-0.2, -0.15) is 0 Å². The summed E-state index contributed by atoms with van der Waals surface area (Å²) >= 11 is 0. The number of fused-ring (bicyclic) bond motifs is 1. The second-order valence-electron chi connectivity index (χ2n) is 11.1. The number of aromatic nitrogens is 1. The standard InChI is InChI=1S/C28H38N4O4/c29-16-17-6-8-19(9-7-17)27(34)32-13-12-22(18-4-2-1-3-5-18)25(32)26(33)30-21-10-11-23-20(14-21)15-24(31-23)28(35)36/h10-11,14-15,17-19,22,25,31H,1-9,12-13,16,29H2,(H,30,33)(H,35,36)/t17?,19?,22?,25-/m0/s1. The van der Waals surface area contributed by atoms with E-state index in [0.29, 0.717) is 36.1 Å². The monoisotopic (exact) mass is 494 g/mol. The van der Waals surface area contributed by atoms with Crippen LogP contribution < -0.4 is 11.1 Å². The van der Waals surface area contributed by atoms with Gasteiger partial charge in [-0.05, 0) is 80.7 Å². The lowest BCUT2D eigenvalue weighted by Gasteiger charge is -2.36. The van der Waals surface area contributed by atoms with Crippen LogP contribution in [0.5, 0.6) is 0 Å². The Labute approximate surface area is 212 Å². The molecule has 2 amide bonds. The number of aromatic amines is 1. The van der Waals surface area contributed by atoms with Gasteiger partial charge in [0.05, 0.1) is 0 Å². The lowest BCUT2D eigenvalue weighted by Crippen LogP contribution is -2.49. The highest BCUT2D eigenvalue weighted by Gasteiger charge is 2.46. The lowest BCUT2D eigenvalue weighted by atomic mass is 9.76. The predicted octanol–water partition coefficient (Wildman–Crippen LogP) is 4.37. The Hall–Kier alpha value is -2.87. The zero-order valence-electron chi connectivity index (χ0n) is 20.9. The summed E-state index contributed by atoms with van der Waals surface area (Å²) in [5.41, 5.74) is 7.29. The summed E-state index contributed by atoms with van der Waals surface area (Å²) in [6.45, 7) is 1.33. The van der Waals surface area contributed by atoms with E-state index in [1.165, 1.54) is 19.3 Å². The molecule has 1 aromatic carbocycles. The second-order valence-corrected chi connectivity index (χ2v) is 11.1. The van der Waals surface area contributed by atoms with Gasteiger partial charge in [0.2, 0.25) is 11.8 Å². The molecule has 5 rings (SSSR count). The molecule has 3 aliphatic rings. The number of nitrogens with zero attached hydrogens (tertiary/aromatic N) is 1. The summed E-state index contributed by atoms with van der Waals surface area (Å²) in [4.78, 5) is 43.6. The minimum absolute atomic E-state index is 0.0150. The Kier molecular flexibility index (Phi) is 7.32. The molecule has 2 atom stereocenters. The van der Waals surface area contributed by atoms with Gasteiger partial charge >= 0.3 is 5.97 Å². The molecule has 1 aromatic heterocycles. The number of amides is 2. The highest BCUT2D eigenvalue weighted by Crippen LogP contribution is 2.41. The van der Waals surface area contributed by atoms with E-state index in [2.05, 4.69) is 10.3 Å². The number of likely N-dealkylation sites (tertiary alicyclic amines) is 1. The van der Waals surface area contributed by atoms with E-state index in [4.69, 9.17) is 5.73 Å². The Morgan fingerprint density at radius 3 is 2.44 bits per heavy atom. The van der Waals surface area contributed by atoms with Gasteiger partial charge in [0.1, 0.15) is 11.7 Å². The molecule has 0 spiro atoms. The van der Waals surface area contributed by atoms with Gasteiger partial charge in [-0.25, -0.2) is 4.79 Å². The van der Waals surface area contributed by atoms with Crippen molar-refractivity contribution in [2.75, 3.05) is 18.4 Å². The van der Waals surface area contributed by atoms with Crippen molar-refractivity contribution in [3.63, 3.8) is 0 Å². The molecular weight excluding hydrogens is 456 g/mol. The summed E-state index contributed by atoms with van der Waals surface area (Å²) in [6, 6.07) is 6.48. The molecule has 194 valence electrons. The maximum atomic E-state index is 13.8.